The summed E-state index contributed by atoms with van der Waals surface area (Å²) in [6.45, 7) is 2.71. The number of carbonyl (C=O) groups excluding carboxylic acids is 1. The Kier molecular flexibility index (Phi) is 3.20. The van der Waals surface area contributed by atoms with E-state index in [-0.39, 0.29) is 11.8 Å². The molecule has 20 heavy (non-hydrogen) atoms. The smallest absolute Gasteiger partial charge is 0.308 e. The van der Waals surface area contributed by atoms with Gasteiger partial charge in [-0.2, -0.15) is 0 Å². The molecule has 1 aliphatic heterocycles. The lowest BCUT2D eigenvalue weighted by Crippen LogP contribution is -2.31. The van der Waals surface area contributed by atoms with Crippen molar-refractivity contribution >= 4 is 11.9 Å². The third kappa shape index (κ3) is 2.28. The standard InChI is InChI=1S/C15H18N2O3/c1-9-3-2-6-16-13(9)14(18)17-7-11(10-4-5-10)12(8-17)15(19)20/h2-3,6,10-12H,4-5,7-8H2,1H3,(H,19,20)/t11-,12+/m1/s1. The van der Waals surface area contributed by atoms with Crippen LogP contribution in [0.4, 0.5) is 0 Å². The van der Waals surface area contributed by atoms with Crippen LogP contribution in [0, 0.1) is 24.7 Å². The highest BCUT2D eigenvalue weighted by atomic mass is 16.4. The maximum atomic E-state index is 12.5. The molecule has 1 amide bonds. The van der Waals surface area contributed by atoms with Crippen LogP contribution in [0.15, 0.2) is 18.3 Å². The number of aryl methyl sites for hydroxylation is 1. The third-order valence-corrected chi connectivity index (χ3v) is 4.41. The molecule has 1 N–H and O–H groups in total. The Morgan fingerprint density at radius 1 is 1.35 bits per heavy atom. The maximum Gasteiger partial charge on any atom is 0.308 e. The van der Waals surface area contributed by atoms with Crippen molar-refractivity contribution in [3.05, 3.63) is 29.6 Å². The maximum absolute atomic E-state index is 12.5. The van der Waals surface area contributed by atoms with E-state index in [1.54, 1.807) is 17.2 Å². The van der Waals surface area contributed by atoms with Crippen LogP contribution >= 0.6 is 0 Å². The van der Waals surface area contributed by atoms with Crippen molar-refractivity contribution in [1.82, 2.24) is 9.88 Å². The predicted octanol–water partition coefficient (Wildman–Crippen LogP) is 1.57. The van der Waals surface area contributed by atoms with Crippen LogP contribution < -0.4 is 0 Å². The fourth-order valence-electron chi connectivity index (χ4n) is 3.12. The molecule has 0 bridgehead atoms. The number of carboxylic acids is 1. The molecule has 2 aliphatic rings. The van der Waals surface area contributed by atoms with Crippen LogP contribution in [0.5, 0.6) is 0 Å². The van der Waals surface area contributed by atoms with Crippen LogP contribution in [-0.4, -0.2) is 40.0 Å². The second-order valence-electron chi connectivity index (χ2n) is 5.83. The van der Waals surface area contributed by atoms with E-state index in [4.69, 9.17) is 0 Å². The fourth-order valence-corrected chi connectivity index (χ4v) is 3.12. The SMILES string of the molecule is Cc1cccnc1C(=O)N1C[C@H](C(=O)O)[C@@H](C2CC2)C1. The van der Waals surface area contributed by atoms with Crippen molar-refractivity contribution in [2.75, 3.05) is 13.1 Å². The topological polar surface area (TPSA) is 70.5 Å². The van der Waals surface area contributed by atoms with Gasteiger partial charge < -0.3 is 10.0 Å². The highest BCUT2D eigenvalue weighted by molar-refractivity contribution is 5.94. The number of aliphatic carboxylic acids is 1. The van der Waals surface area contributed by atoms with Crippen molar-refractivity contribution in [2.45, 2.75) is 19.8 Å². The van der Waals surface area contributed by atoms with Crippen LogP contribution in [0.2, 0.25) is 0 Å². The molecule has 0 spiro atoms. The molecule has 5 heteroatoms. The van der Waals surface area contributed by atoms with E-state index < -0.39 is 11.9 Å². The molecule has 106 valence electrons. The molecule has 2 atom stereocenters. The Labute approximate surface area is 117 Å². The van der Waals surface area contributed by atoms with E-state index in [9.17, 15) is 14.7 Å². The van der Waals surface area contributed by atoms with Gasteiger partial charge in [0.1, 0.15) is 5.69 Å². The molecule has 1 aromatic rings. The zero-order valence-electron chi connectivity index (χ0n) is 11.5. The van der Waals surface area contributed by atoms with Gasteiger partial charge in [-0.05, 0) is 43.2 Å². The molecule has 0 unspecified atom stereocenters. The molecule has 3 rings (SSSR count). The Balaban J connectivity index is 1.80. The summed E-state index contributed by atoms with van der Waals surface area (Å²) in [5, 5.41) is 9.33. The average molecular weight is 274 g/mol. The van der Waals surface area contributed by atoms with E-state index in [0.29, 0.717) is 24.7 Å². The lowest BCUT2D eigenvalue weighted by Gasteiger charge is -2.16. The summed E-state index contributed by atoms with van der Waals surface area (Å²) in [6.07, 6.45) is 3.79. The summed E-state index contributed by atoms with van der Waals surface area (Å²) >= 11 is 0. The highest BCUT2D eigenvalue weighted by Crippen LogP contribution is 2.44. The van der Waals surface area contributed by atoms with Gasteiger partial charge in [0.15, 0.2) is 0 Å². The second-order valence-corrected chi connectivity index (χ2v) is 5.83. The number of nitrogens with zero attached hydrogens (tertiary/aromatic N) is 2. The number of hydrogen-bond donors (Lipinski definition) is 1. The summed E-state index contributed by atoms with van der Waals surface area (Å²) in [5.74, 6) is -0.748. The van der Waals surface area contributed by atoms with Crippen molar-refractivity contribution in [3.63, 3.8) is 0 Å². The van der Waals surface area contributed by atoms with E-state index >= 15 is 0 Å². The summed E-state index contributed by atoms with van der Waals surface area (Å²) in [6, 6.07) is 3.65. The summed E-state index contributed by atoms with van der Waals surface area (Å²) in [4.78, 5) is 29.7. The number of aromatic nitrogens is 1. The zero-order chi connectivity index (χ0) is 14.3. The minimum absolute atomic E-state index is 0.112. The predicted molar refractivity (Wildman–Crippen MR) is 72.2 cm³/mol. The number of pyridine rings is 1. The lowest BCUT2D eigenvalue weighted by atomic mass is 9.92. The molecule has 2 heterocycles. The normalized spacial score (nSPS) is 25.8. The van der Waals surface area contributed by atoms with Crippen molar-refractivity contribution in [3.8, 4) is 0 Å². The number of hydrogen-bond acceptors (Lipinski definition) is 3. The Morgan fingerprint density at radius 3 is 2.70 bits per heavy atom. The summed E-state index contributed by atoms with van der Waals surface area (Å²) < 4.78 is 0. The first-order valence-electron chi connectivity index (χ1n) is 7.01. The molecule has 2 fully saturated rings. The Bertz CT molecular complexity index is 554. The minimum atomic E-state index is -0.782. The van der Waals surface area contributed by atoms with Gasteiger partial charge in [0, 0.05) is 19.3 Å². The van der Waals surface area contributed by atoms with Crippen molar-refractivity contribution in [2.24, 2.45) is 17.8 Å². The van der Waals surface area contributed by atoms with E-state index in [2.05, 4.69) is 4.98 Å². The molecular weight excluding hydrogens is 256 g/mol. The molecule has 1 saturated heterocycles. The molecule has 5 nitrogen and oxygen atoms in total. The monoisotopic (exact) mass is 274 g/mol. The first-order valence-corrected chi connectivity index (χ1v) is 7.01. The van der Waals surface area contributed by atoms with Crippen molar-refractivity contribution < 1.29 is 14.7 Å². The summed E-state index contributed by atoms with van der Waals surface area (Å²) in [7, 11) is 0. The molecule has 1 aromatic heterocycles. The van der Waals surface area contributed by atoms with Gasteiger partial charge in [0.2, 0.25) is 0 Å². The average Bonchev–Trinajstić information content (AvgIpc) is 3.17. The zero-order valence-corrected chi connectivity index (χ0v) is 11.5. The largest absolute Gasteiger partial charge is 0.481 e. The quantitative estimate of drug-likeness (QED) is 0.908. The van der Waals surface area contributed by atoms with Crippen LogP contribution in [-0.2, 0) is 4.79 Å². The summed E-state index contributed by atoms with van der Waals surface area (Å²) in [5.41, 5.74) is 1.27. The molecule has 1 aliphatic carbocycles. The molecular formula is C15H18N2O3. The van der Waals surface area contributed by atoms with Crippen LogP contribution in [0.25, 0.3) is 0 Å². The van der Waals surface area contributed by atoms with Gasteiger partial charge in [0.05, 0.1) is 5.92 Å². The number of likely N-dealkylation sites (tertiary alicyclic amines) is 1. The van der Waals surface area contributed by atoms with E-state index in [1.165, 1.54) is 0 Å². The Hall–Kier alpha value is -1.91. The highest BCUT2D eigenvalue weighted by Gasteiger charge is 2.47. The molecule has 0 radical (unpaired) electrons. The van der Waals surface area contributed by atoms with E-state index in [0.717, 1.165) is 18.4 Å². The van der Waals surface area contributed by atoms with Gasteiger partial charge >= 0.3 is 5.97 Å². The van der Waals surface area contributed by atoms with Crippen LogP contribution in [0.1, 0.15) is 28.9 Å². The Morgan fingerprint density at radius 2 is 2.10 bits per heavy atom. The molecule has 0 aromatic carbocycles. The van der Waals surface area contributed by atoms with Crippen molar-refractivity contribution in [1.29, 1.82) is 0 Å². The van der Waals surface area contributed by atoms with Gasteiger partial charge in [-0.15, -0.1) is 0 Å². The lowest BCUT2D eigenvalue weighted by molar-refractivity contribution is -0.142. The van der Waals surface area contributed by atoms with Gasteiger partial charge in [-0.25, -0.2) is 0 Å². The minimum Gasteiger partial charge on any atom is -0.481 e. The number of amides is 1. The molecule has 1 saturated carbocycles. The number of rotatable bonds is 3. The van der Waals surface area contributed by atoms with Crippen LogP contribution in [0.3, 0.4) is 0 Å². The fraction of sp³-hybridized carbons (Fsp3) is 0.533. The first kappa shape index (κ1) is 13.1. The first-order chi connectivity index (χ1) is 9.58. The third-order valence-electron chi connectivity index (χ3n) is 4.41. The van der Waals surface area contributed by atoms with Gasteiger partial charge in [0.25, 0.3) is 5.91 Å². The van der Waals surface area contributed by atoms with Gasteiger partial charge in [-0.3, -0.25) is 14.6 Å². The van der Waals surface area contributed by atoms with E-state index in [1.807, 2.05) is 13.0 Å². The number of carboxylic acid groups (broad SMARTS) is 1. The van der Waals surface area contributed by atoms with Gasteiger partial charge in [-0.1, -0.05) is 6.07 Å². The second kappa shape index (κ2) is 4.89. The number of carbonyl (C=O) groups is 2.